The van der Waals surface area contributed by atoms with E-state index in [-0.39, 0.29) is 10.9 Å². The molecule has 0 saturated carbocycles. The Morgan fingerprint density at radius 3 is 2.41 bits per heavy atom. The number of carbonyl (C=O) groups excluding carboxylic acids is 1. The van der Waals surface area contributed by atoms with Gasteiger partial charge in [0.25, 0.3) is 15.9 Å². The van der Waals surface area contributed by atoms with Gasteiger partial charge in [0, 0.05) is 38.3 Å². The molecule has 1 aliphatic heterocycles. The summed E-state index contributed by atoms with van der Waals surface area (Å²) in [6, 6.07) is 12.5. The third-order valence-corrected chi connectivity index (χ3v) is 7.69. The fourth-order valence-corrected chi connectivity index (χ4v) is 5.33. The lowest BCUT2D eigenvalue weighted by Crippen LogP contribution is -2.48. The van der Waals surface area contributed by atoms with Gasteiger partial charge in [-0.2, -0.15) is 9.40 Å². The van der Waals surface area contributed by atoms with Crippen LogP contribution in [0.4, 0.5) is 0 Å². The van der Waals surface area contributed by atoms with E-state index in [1.165, 1.54) is 16.4 Å². The molecule has 2 aromatic heterocycles. The average molecular weight is 478 g/mol. The van der Waals surface area contributed by atoms with E-state index in [4.69, 9.17) is 21.8 Å². The lowest BCUT2D eigenvalue weighted by molar-refractivity contribution is 0.0968. The molecule has 32 heavy (non-hydrogen) atoms. The number of aromatic nitrogens is 2. The number of nitrogens with zero attached hydrogens (tertiary/aromatic N) is 4. The number of benzene rings is 1. The van der Waals surface area contributed by atoms with Crippen LogP contribution in [0, 0.1) is 6.92 Å². The zero-order valence-electron chi connectivity index (χ0n) is 17.6. The summed E-state index contributed by atoms with van der Waals surface area (Å²) < 4.78 is 33.9. The average Bonchev–Trinajstić information content (AvgIpc) is 3.37. The van der Waals surface area contributed by atoms with Crippen LogP contribution in [-0.4, -0.2) is 59.5 Å². The van der Waals surface area contributed by atoms with Gasteiger partial charge in [0.2, 0.25) is 5.09 Å². The molecule has 3 heterocycles. The van der Waals surface area contributed by atoms with Crippen molar-refractivity contribution in [1.29, 1.82) is 0 Å². The van der Waals surface area contributed by atoms with Crippen LogP contribution in [0.25, 0.3) is 0 Å². The zero-order valence-corrected chi connectivity index (χ0v) is 19.1. The molecule has 1 amide bonds. The number of piperazine rings is 1. The van der Waals surface area contributed by atoms with Gasteiger partial charge in [-0.3, -0.25) is 9.69 Å². The van der Waals surface area contributed by atoms with E-state index in [2.05, 4.69) is 10.00 Å². The Morgan fingerprint density at radius 2 is 1.78 bits per heavy atom. The van der Waals surface area contributed by atoms with Gasteiger partial charge in [-0.15, -0.1) is 0 Å². The third kappa shape index (κ3) is 4.58. The van der Waals surface area contributed by atoms with Crippen LogP contribution in [0.15, 0.2) is 52.0 Å². The smallest absolute Gasteiger partial charge is 0.284 e. The maximum atomic E-state index is 12.8. The highest BCUT2D eigenvalue weighted by Gasteiger charge is 2.32. The molecule has 170 valence electrons. The van der Waals surface area contributed by atoms with Crippen LogP contribution >= 0.6 is 11.6 Å². The number of amides is 1. The number of sulfonamides is 1. The van der Waals surface area contributed by atoms with E-state index < -0.39 is 15.9 Å². The van der Waals surface area contributed by atoms with Crippen LogP contribution < -0.4 is 5.73 Å². The standard InChI is InChI=1S/C21H24ClN5O4S/c1-15-17(20(22)27(24-15)13-16-5-3-2-4-6-16)14-25-9-11-26(12-10-25)32(29,30)19-8-7-18(31-19)21(23)28/h2-8H,9-14H2,1H3,(H2,23,28). The van der Waals surface area contributed by atoms with Gasteiger partial charge < -0.3 is 10.2 Å². The quantitative estimate of drug-likeness (QED) is 0.557. The minimum Gasteiger partial charge on any atom is -0.438 e. The second-order valence-corrected chi connectivity index (χ2v) is 9.89. The van der Waals surface area contributed by atoms with Gasteiger partial charge in [0.05, 0.1) is 12.2 Å². The van der Waals surface area contributed by atoms with Crippen molar-refractivity contribution >= 4 is 27.5 Å². The van der Waals surface area contributed by atoms with Gasteiger partial charge in [-0.05, 0) is 24.6 Å². The molecule has 0 atom stereocenters. The molecule has 1 aliphatic rings. The van der Waals surface area contributed by atoms with Crippen molar-refractivity contribution < 1.29 is 17.6 Å². The van der Waals surface area contributed by atoms with E-state index >= 15 is 0 Å². The van der Waals surface area contributed by atoms with Crippen molar-refractivity contribution in [2.24, 2.45) is 5.73 Å². The SMILES string of the molecule is Cc1nn(Cc2ccccc2)c(Cl)c1CN1CCN(S(=O)(=O)c2ccc(C(N)=O)o2)CC1. The molecule has 3 aromatic rings. The predicted octanol–water partition coefficient (Wildman–Crippen LogP) is 2.09. The largest absolute Gasteiger partial charge is 0.438 e. The molecule has 1 saturated heterocycles. The van der Waals surface area contributed by atoms with Crippen LogP contribution in [0.3, 0.4) is 0 Å². The topological polar surface area (TPSA) is 115 Å². The number of halogens is 1. The second-order valence-electron chi connectivity index (χ2n) is 7.66. The van der Waals surface area contributed by atoms with Crippen LogP contribution in [0.5, 0.6) is 0 Å². The number of nitrogens with two attached hydrogens (primary N) is 1. The second kappa shape index (κ2) is 9.07. The summed E-state index contributed by atoms with van der Waals surface area (Å²) >= 11 is 6.63. The normalized spacial score (nSPS) is 15.8. The van der Waals surface area contributed by atoms with E-state index in [0.29, 0.717) is 44.4 Å². The molecular weight excluding hydrogens is 454 g/mol. The Labute approximate surface area is 191 Å². The number of furan rings is 1. The molecular formula is C21H24ClN5O4S. The number of aryl methyl sites for hydroxylation is 1. The first-order chi connectivity index (χ1) is 15.3. The van der Waals surface area contributed by atoms with E-state index in [0.717, 1.165) is 16.8 Å². The van der Waals surface area contributed by atoms with Crippen LogP contribution in [0.1, 0.15) is 27.4 Å². The molecule has 9 nitrogen and oxygen atoms in total. The molecule has 0 unspecified atom stereocenters. The number of rotatable bonds is 7. The van der Waals surface area contributed by atoms with Crippen molar-refractivity contribution in [3.63, 3.8) is 0 Å². The predicted molar refractivity (Wildman–Crippen MR) is 119 cm³/mol. The Hall–Kier alpha value is -2.66. The van der Waals surface area contributed by atoms with Crippen molar-refractivity contribution in [3.8, 4) is 0 Å². The fourth-order valence-electron chi connectivity index (χ4n) is 3.70. The molecule has 0 radical (unpaired) electrons. The Balaban J connectivity index is 1.40. The summed E-state index contributed by atoms with van der Waals surface area (Å²) in [6.45, 7) is 4.75. The summed E-state index contributed by atoms with van der Waals surface area (Å²) in [5, 5.41) is 4.90. The fraction of sp³-hybridized carbons (Fsp3) is 0.333. The number of primary amides is 1. The minimum atomic E-state index is -3.83. The zero-order chi connectivity index (χ0) is 22.9. The summed E-state index contributed by atoms with van der Waals surface area (Å²) in [5.41, 5.74) is 8.05. The van der Waals surface area contributed by atoms with Crippen molar-refractivity contribution in [1.82, 2.24) is 19.0 Å². The molecule has 2 N–H and O–H groups in total. The monoisotopic (exact) mass is 477 g/mol. The Morgan fingerprint density at radius 1 is 1.09 bits per heavy atom. The molecule has 4 rings (SSSR count). The Bertz CT molecular complexity index is 1210. The summed E-state index contributed by atoms with van der Waals surface area (Å²) in [5.74, 6) is -0.990. The summed E-state index contributed by atoms with van der Waals surface area (Å²) in [7, 11) is -3.83. The van der Waals surface area contributed by atoms with E-state index in [1.54, 1.807) is 4.68 Å². The molecule has 1 aromatic carbocycles. The van der Waals surface area contributed by atoms with Crippen molar-refractivity contribution in [2.75, 3.05) is 26.2 Å². The Kier molecular flexibility index (Phi) is 6.38. The summed E-state index contributed by atoms with van der Waals surface area (Å²) in [6.07, 6.45) is 0. The first-order valence-corrected chi connectivity index (χ1v) is 12.0. The molecule has 0 spiro atoms. The van der Waals surface area contributed by atoms with Gasteiger partial charge in [0.1, 0.15) is 5.15 Å². The van der Waals surface area contributed by atoms with E-state index in [1.807, 2.05) is 37.3 Å². The minimum absolute atomic E-state index is 0.181. The van der Waals surface area contributed by atoms with Crippen molar-refractivity contribution in [2.45, 2.75) is 25.1 Å². The molecule has 11 heteroatoms. The third-order valence-electron chi connectivity index (χ3n) is 5.49. The molecule has 0 bridgehead atoms. The van der Waals surface area contributed by atoms with Gasteiger partial charge >= 0.3 is 0 Å². The van der Waals surface area contributed by atoms with Crippen molar-refractivity contribution in [3.05, 3.63) is 70.2 Å². The number of hydrogen-bond acceptors (Lipinski definition) is 6. The first kappa shape index (κ1) is 22.5. The maximum Gasteiger partial charge on any atom is 0.284 e. The number of carbonyl (C=O) groups is 1. The van der Waals surface area contributed by atoms with Gasteiger partial charge in [-0.1, -0.05) is 41.9 Å². The van der Waals surface area contributed by atoms with Crippen LogP contribution in [0.2, 0.25) is 5.15 Å². The highest BCUT2D eigenvalue weighted by Crippen LogP contribution is 2.25. The molecule has 1 fully saturated rings. The van der Waals surface area contributed by atoms with Crippen LogP contribution in [-0.2, 0) is 23.1 Å². The van der Waals surface area contributed by atoms with Gasteiger partial charge in [0.15, 0.2) is 5.76 Å². The van der Waals surface area contributed by atoms with E-state index in [9.17, 15) is 13.2 Å². The lowest BCUT2D eigenvalue weighted by atomic mass is 10.2. The van der Waals surface area contributed by atoms with Gasteiger partial charge in [-0.25, -0.2) is 13.1 Å². The number of hydrogen-bond donors (Lipinski definition) is 1. The highest BCUT2D eigenvalue weighted by atomic mass is 35.5. The summed E-state index contributed by atoms with van der Waals surface area (Å²) in [4.78, 5) is 13.3. The maximum absolute atomic E-state index is 12.8. The highest BCUT2D eigenvalue weighted by molar-refractivity contribution is 7.89. The lowest BCUT2D eigenvalue weighted by Gasteiger charge is -2.33. The first-order valence-electron chi connectivity index (χ1n) is 10.1. The molecule has 0 aliphatic carbocycles.